The van der Waals surface area contributed by atoms with Crippen molar-refractivity contribution in [1.29, 1.82) is 0 Å². The molecule has 0 atom stereocenters. The van der Waals surface area contributed by atoms with Crippen molar-refractivity contribution in [3.05, 3.63) is 34.6 Å². The molecule has 0 radical (unpaired) electrons. The van der Waals surface area contributed by atoms with Crippen molar-refractivity contribution in [1.82, 2.24) is 9.61 Å². The molecule has 0 aliphatic rings. The zero-order valence-electron chi connectivity index (χ0n) is 8.44. The lowest BCUT2D eigenvalue weighted by atomic mass is 10.2. The number of pyridine rings is 1. The SMILES string of the molecule is CC.O=C(O)c1ccn2ncc(Br)c2c1. The molecular formula is C10H11BrN2O2. The van der Waals surface area contributed by atoms with Crippen LogP contribution in [0.5, 0.6) is 0 Å². The van der Waals surface area contributed by atoms with Gasteiger partial charge in [0.05, 0.1) is 21.7 Å². The summed E-state index contributed by atoms with van der Waals surface area (Å²) in [5.41, 5.74) is 1.01. The number of nitrogens with zero attached hydrogens (tertiary/aromatic N) is 2. The van der Waals surface area contributed by atoms with Crippen LogP contribution < -0.4 is 0 Å². The molecule has 0 saturated heterocycles. The van der Waals surface area contributed by atoms with Crippen molar-refractivity contribution in [2.45, 2.75) is 13.8 Å². The van der Waals surface area contributed by atoms with Gasteiger partial charge in [-0.05, 0) is 28.1 Å². The Morgan fingerprint density at radius 3 is 2.80 bits per heavy atom. The molecule has 1 N–H and O–H groups in total. The number of fused-ring (bicyclic) bond motifs is 1. The number of rotatable bonds is 1. The van der Waals surface area contributed by atoms with Gasteiger partial charge in [-0.3, -0.25) is 0 Å². The molecule has 80 valence electrons. The number of aromatic carboxylic acids is 1. The van der Waals surface area contributed by atoms with Crippen molar-refractivity contribution in [3.8, 4) is 0 Å². The molecule has 0 spiro atoms. The van der Waals surface area contributed by atoms with Crippen LogP contribution in [0.25, 0.3) is 5.52 Å². The Balaban J connectivity index is 0.000000531. The van der Waals surface area contributed by atoms with Crippen molar-refractivity contribution < 1.29 is 9.90 Å². The minimum atomic E-state index is -0.935. The van der Waals surface area contributed by atoms with E-state index in [4.69, 9.17) is 5.11 Å². The molecule has 0 aliphatic heterocycles. The smallest absolute Gasteiger partial charge is 0.335 e. The Morgan fingerprint density at radius 1 is 1.53 bits per heavy atom. The van der Waals surface area contributed by atoms with Crippen LogP contribution in [0.1, 0.15) is 24.2 Å². The van der Waals surface area contributed by atoms with Crippen LogP contribution in [-0.4, -0.2) is 20.7 Å². The quantitative estimate of drug-likeness (QED) is 0.867. The van der Waals surface area contributed by atoms with Gasteiger partial charge in [0.2, 0.25) is 0 Å². The number of hydrogen-bond acceptors (Lipinski definition) is 2. The second-order valence-corrected chi connectivity index (χ2v) is 3.40. The third-order valence-corrected chi connectivity index (χ3v) is 2.33. The van der Waals surface area contributed by atoms with Crippen LogP contribution in [0.15, 0.2) is 29.0 Å². The molecule has 0 fully saturated rings. The summed E-state index contributed by atoms with van der Waals surface area (Å²) in [6, 6.07) is 3.08. The van der Waals surface area contributed by atoms with E-state index < -0.39 is 5.97 Å². The van der Waals surface area contributed by atoms with Gasteiger partial charge in [0.25, 0.3) is 0 Å². The maximum absolute atomic E-state index is 10.6. The van der Waals surface area contributed by atoms with Crippen LogP contribution in [0, 0.1) is 0 Å². The number of hydrogen-bond donors (Lipinski definition) is 1. The number of carbonyl (C=O) groups is 1. The molecule has 0 saturated carbocycles. The topological polar surface area (TPSA) is 54.6 Å². The summed E-state index contributed by atoms with van der Waals surface area (Å²) in [6.45, 7) is 4.00. The third kappa shape index (κ3) is 2.36. The molecule has 5 heteroatoms. The molecule has 0 unspecified atom stereocenters. The van der Waals surface area contributed by atoms with Crippen LogP contribution in [0.2, 0.25) is 0 Å². The second-order valence-electron chi connectivity index (χ2n) is 2.54. The van der Waals surface area contributed by atoms with Gasteiger partial charge in [0.15, 0.2) is 0 Å². The molecule has 0 bridgehead atoms. The minimum absolute atomic E-state index is 0.258. The van der Waals surface area contributed by atoms with Gasteiger partial charge in [0, 0.05) is 6.20 Å². The lowest BCUT2D eigenvalue weighted by Crippen LogP contribution is -1.97. The molecule has 2 heterocycles. The molecule has 0 aliphatic carbocycles. The summed E-state index contributed by atoms with van der Waals surface area (Å²) in [6.07, 6.45) is 3.24. The Hall–Kier alpha value is -1.36. The maximum atomic E-state index is 10.6. The number of carboxylic acids is 1. The average molecular weight is 271 g/mol. The number of aromatic nitrogens is 2. The fourth-order valence-electron chi connectivity index (χ4n) is 1.08. The Bertz CT molecular complexity index is 479. The van der Waals surface area contributed by atoms with Gasteiger partial charge >= 0.3 is 5.97 Å². The predicted octanol–water partition coefficient (Wildman–Crippen LogP) is 2.82. The number of halogens is 1. The lowest BCUT2D eigenvalue weighted by molar-refractivity contribution is 0.0697. The maximum Gasteiger partial charge on any atom is 0.335 e. The van der Waals surface area contributed by atoms with E-state index in [9.17, 15) is 4.79 Å². The van der Waals surface area contributed by atoms with E-state index in [0.29, 0.717) is 0 Å². The first kappa shape index (κ1) is 11.7. The van der Waals surface area contributed by atoms with E-state index in [1.54, 1.807) is 23.0 Å². The molecule has 2 aromatic rings. The standard InChI is InChI=1S/C8H5BrN2O2.C2H6/c9-6-4-10-11-2-1-5(8(12)13)3-7(6)11;1-2/h1-4H,(H,12,13);1-2H3. The summed E-state index contributed by atoms with van der Waals surface area (Å²) in [4.78, 5) is 10.6. The normalized spacial score (nSPS) is 9.53. The van der Waals surface area contributed by atoms with E-state index in [0.717, 1.165) is 9.99 Å². The van der Waals surface area contributed by atoms with Gasteiger partial charge in [-0.25, -0.2) is 9.31 Å². The summed E-state index contributed by atoms with van der Waals surface area (Å²) in [5, 5.41) is 12.7. The van der Waals surface area contributed by atoms with Gasteiger partial charge in [-0.2, -0.15) is 5.10 Å². The zero-order chi connectivity index (χ0) is 11.4. The Morgan fingerprint density at radius 2 is 2.20 bits per heavy atom. The van der Waals surface area contributed by atoms with Gasteiger partial charge in [-0.1, -0.05) is 13.8 Å². The monoisotopic (exact) mass is 270 g/mol. The average Bonchev–Trinajstić information content (AvgIpc) is 2.63. The predicted molar refractivity (Wildman–Crippen MR) is 61.2 cm³/mol. The van der Waals surface area contributed by atoms with Crippen molar-refractivity contribution >= 4 is 27.4 Å². The summed E-state index contributed by atoms with van der Waals surface area (Å²) in [7, 11) is 0. The number of carboxylic acid groups (broad SMARTS) is 1. The fourth-order valence-corrected chi connectivity index (χ4v) is 1.47. The molecule has 0 aromatic carbocycles. The van der Waals surface area contributed by atoms with E-state index in [1.807, 2.05) is 13.8 Å². The largest absolute Gasteiger partial charge is 0.478 e. The highest BCUT2D eigenvalue weighted by Crippen LogP contribution is 2.17. The van der Waals surface area contributed by atoms with Crippen LogP contribution in [0.3, 0.4) is 0 Å². The molecule has 4 nitrogen and oxygen atoms in total. The first-order valence-corrected chi connectivity index (χ1v) is 5.34. The highest BCUT2D eigenvalue weighted by molar-refractivity contribution is 9.10. The summed E-state index contributed by atoms with van der Waals surface area (Å²) >= 11 is 3.27. The van der Waals surface area contributed by atoms with Crippen molar-refractivity contribution in [2.24, 2.45) is 0 Å². The highest BCUT2D eigenvalue weighted by Gasteiger charge is 2.06. The minimum Gasteiger partial charge on any atom is -0.478 e. The lowest BCUT2D eigenvalue weighted by Gasteiger charge is -1.95. The van der Waals surface area contributed by atoms with Crippen LogP contribution in [-0.2, 0) is 0 Å². The molecule has 2 aromatic heterocycles. The van der Waals surface area contributed by atoms with E-state index in [1.165, 1.54) is 6.07 Å². The van der Waals surface area contributed by atoms with E-state index in [2.05, 4.69) is 21.0 Å². The molecule has 2 rings (SSSR count). The van der Waals surface area contributed by atoms with E-state index in [-0.39, 0.29) is 5.56 Å². The summed E-state index contributed by atoms with van der Waals surface area (Å²) < 4.78 is 2.40. The van der Waals surface area contributed by atoms with Gasteiger partial charge < -0.3 is 5.11 Å². The van der Waals surface area contributed by atoms with Gasteiger partial charge in [0.1, 0.15) is 0 Å². The second kappa shape index (κ2) is 4.93. The van der Waals surface area contributed by atoms with Crippen LogP contribution in [0.4, 0.5) is 0 Å². The first-order valence-electron chi connectivity index (χ1n) is 4.54. The Kier molecular flexibility index (Phi) is 3.85. The summed E-state index contributed by atoms with van der Waals surface area (Å²) in [5.74, 6) is -0.935. The highest BCUT2D eigenvalue weighted by atomic mass is 79.9. The van der Waals surface area contributed by atoms with Crippen LogP contribution >= 0.6 is 15.9 Å². The van der Waals surface area contributed by atoms with E-state index >= 15 is 0 Å². The Labute approximate surface area is 95.7 Å². The molecule has 0 amide bonds. The third-order valence-electron chi connectivity index (χ3n) is 1.72. The van der Waals surface area contributed by atoms with Gasteiger partial charge in [-0.15, -0.1) is 0 Å². The fraction of sp³-hybridized carbons (Fsp3) is 0.200. The first-order chi connectivity index (χ1) is 7.18. The van der Waals surface area contributed by atoms with Crippen molar-refractivity contribution in [2.75, 3.05) is 0 Å². The molecule has 15 heavy (non-hydrogen) atoms. The van der Waals surface area contributed by atoms with Crippen molar-refractivity contribution in [3.63, 3.8) is 0 Å². The zero-order valence-corrected chi connectivity index (χ0v) is 10.0. The molecular weight excluding hydrogens is 260 g/mol.